The molecule has 5 heteroatoms. The molecule has 0 radical (unpaired) electrons. The maximum Gasteiger partial charge on any atom is 0.272 e. The van der Waals surface area contributed by atoms with Crippen LogP contribution in [0.25, 0.3) is 10.9 Å². The first-order valence-corrected chi connectivity index (χ1v) is 6.64. The summed E-state index contributed by atoms with van der Waals surface area (Å²) in [5.74, 6) is -0.253. The van der Waals surface area contributed by atoms with E-state index in [1.165, 1.54) is 0 Å². The summed E-state index contributed by atoms with van der Waals surface area (Å²) in [5, 5.41) is 11.7. The van der Waals surface area contributed by atoms with Crippen LogP contribution in [0.15, 0.2) is 48.7 Å². The van der Waals surface area contributed by atoms with Crippen LogP contribution in [0, 0.1) is 6.92 Å². The van der Waals surface area contributed by atoms with Gasteiger partial charge >= 0.3 is 0 Å². The molecule has 0 aliphatic rings. The lowest BCUT2D eigenvalue weighted by Gasteiger charge is -2.05. The summed E-state index contributed by atoms with van der Waals surface area (Å²) >= 11 is 0. The molecule has 5 nitrogen and oxygen atoms in total. The molecule has 21 heavy (non-hydrogen) atoms. The highest BCUT2D eigenvalue weighted by Crippen LogP contribution is 2.13. The molecular weight excluding hydrogens is 264 g/mol. The first-order valence-electron chi connectivity index (χ1n) is 6.64. The number of carbonyl (C=O) groups is 1. The van der Waals surface area contributed by atoms with E-state index in [-0.39, 0.29) is 5.91 Å². The molecule has 0 atom stereocenters. The van der Waals surface area contributed by atoms with Gasteiger partial charge in [-0.1, -0.05) is 17.7 Å². The number of carbonyl (C=O) groups excluding carboxylic acids is 1. The number of hydrogen-bond donors (Lipinski definition) is 1. The van der Waals surface area contributed by atoms with Crippen molar-refractivity contribution >= 4 is 16.8 Å². The van der Waals surface area contributed by atoms with E-state index in [0.717, 1.165) is 22.2 Å². The van der Waals surface area contributed by atoms with Crippen LogP contribution >= 0.6 is 0 Å². The van der Waals surface area contributed by atoms with Gasteiger partial charge in [-0.25, -0.2) is 0 Å². The summed E-state index contributed by atoms with van der Waals surface area (Å²) in [5.41, 5.74) is 3.01. The number of amides is 1. The van der Waals surface area contributed by atoms with Crippen molar-refractivity contribution in [1.82, 2.24) is 20.5 Å². The second-order valence-corrected chi connectivity index (χ2v) is 4.80. The Morgan fingerprint density at radius 3 is 2.86 bits per heavy atom. The fourth-order valence-corrected chi connectivity index (χ4v) is 2.04. The molecule has 3 rings (SSSR count). The Hall–Kier alpha value is -2.82. The van der Waals surface area contributed by atoms with Gasteiger partial charge in [0.25, 0.3) is 5.91 Å². The zero-order chi connectivity index (χ0) is 14.7. The van der Waals surface area contributed by atoms with Crippen molar-refractivity contribution in [2.24, 2.45) is 0 Å². The molecule has 1 aromatic carbocycles. The van der Waals surface area contributed by atoms with Gasteiger partial charge in [-0.05, 0) is 37.3 Å². The van der Waals surface area contributed by atoms with Crippen molar-refractivity contribution in [3.63, 3.8) is 0 Å². The zero-order valence-corrected chi connectivity index (χ0v) is 11.6. The average Bonchev–Trinajstić information content (AvgIpc) is 2.53. The Balaban J connectivity index is 1.78. The van der Waals surface area contributed by atoms with Crippen LogP contribution in [0.4, 0.5) is 0 Å². The number of rotatable bonds is 3. The van der Waals surface area contributed by atoms with Crippen molar-refractivity contribution in [1.29, 1.82) is 0 Å². The molecule has 0 bridgehead atoms. The van der Waals surface area contributed by atoms with Gasteiger partial charge in [0.1, 0.15) is 0 Å². The van der Waals surface area contributed by atoms with Gasteiger partial charge < -0.3 is 5.32 Å². The molecule has 3 aromatic rings. The van der Waals surface area contributed by atoms with Gasteiger partial charge in [0.15, 0.2) is 5.69 Å². The maximum absolute atomic E-state index is 12.1. The number of pyridine rings is 1. The predicted molar refractivity (Wildman–Crippen MR) is 79.7 cm³/mol. The average molecular weight is 278 g/mol. The fraction of sp³-hybridized carbons (Fsp3) is 0.125. The fourth-order valence-electron chi connectivity index (χ4n) is 2.04. The molecule has 0 saturated heterocycles. The lowest BCUT2D eigenvalue weighted by Crippen LogP contribution is -2.24. The van der Waals surface area contributed by atoms with Crippen molar-refractivity contribution in [2.75, 3.05) is 0 Å². The summed E-state index contributed by atoms with van der Waals surface area (Å²) in [6.07, 6.45) is 1.69. The van der Waals surface area contributed by atoms with Gasteiger partial charge in [-0.3, -0.25) is 9.78 Å². The van der Waals surface area contributed by atoms with Crippen molar-refractivity contribution < 1.29 is 4.79 Å². The number of benzene rings is 1. The van der Waals surface area contributed by atoms with Crippen LogP contribution in [-0.2, 0) is 6.54 Å². The summed E-state index contributed by atoms with van der Waals surface area (Å²) in [4.78, 5) is 16.3. The van der Waals surface area contributed by atoms with Gasteiger partial charge in [-0.2, -0.15) is 0 Å². The molecule has 2 aromatic heterocycles. The summed E-state index contributed by atoms with van der Waals surface area (Å²) in [7, 11) is 0. The number of fused-ring (bicyclic) bond motifs is 1. The van der Waals surface area contributed by atoms with E-state index in [9.17, 15) is 4.79 Å². The molecular formula is C16H14N4O. The van der Waals surface area contributed by atoms with E-state index in [0.29, 0.717) is 12.2 Å². The number of aromatic nitrogens is 3. The monoisotopic (exact) mass is 278 g/mol. The van der Waals surface area contributed by atoms with Gasteiger partial charge in [0.05, 0.1) is 17.8 Å². The molecule has 2 heterocycles. The highest BCUT2D eigenvalue weighted by Gasteiger charge is 2.09. The molecule has 0 unspecified atom stereocenters. The number of hydrogen-bond acceptors (Lipinski definition) is 4. The van der Waals surface area contributed by atoms with Crippen LogP contribution in [0.1, 0.15) is 21.7 Å². The Morgan fingerprint density at radius 1 is 1.14 bits per heavy atom. The highest BCUT2D eigenvalue weighted by atomic mass is 16.1. The first-order chi connectivity index (χ1) is 10.2. The number of nitrogens with one attached hydrogen (secondary N) is 1. The van der Waals surface area contributed by atoms with Crippen LogP contribution in [-0.4, -0.2) is 21.1 Å². The molecule has 0 spiro atoms. The predicted octanol–water partition coefficient (Wildman–Crippen LogP) is 2.26. The van der Waals surface area contributed by atoms with E-state index < -0.39 is 0 Å². The van der Waals surface area contributed by atoms with Crippen LogP contribution < -0.4 is 5.32 Å². The van der Waals surface area contributed by atoms with Crippen molar-refractivity contribution in [3.8, 4) is 0 Å². The molecule has 104 valence electrons. The normalized spacial score (nSPS) is 10.5. The molecule has 0 saturated carbocycles. The van der Waals surface area contributed by atoms with E-state index in [2.05, 4.69) is 20.5 Å². The molecule has 0 aliphatic heterocycles. The van der Waals surface area contributed by atoms with E-state index in [4.69, 9.17) is 0 Å². The number of aryl methyl sites for hydroxylation is 1. The maximum atomic E-state index is 12.1. The van der Waals surface area contributed by atoms with Crippen LogP contribution in [0.3, 0.4) is 0 Å². The second-order valence-electron chi connectivity index (χ2n) is 4.80. The van der Waals surface area contributed by atoms with E-state index >= 15 is 0 Å². The topological polar surface area (TPSA) is 67.8 Å². The van der Waals surface area contributed by atoms with Gasteiger partial charge in [0, 0.05) is 11.6 Å². The quantitative estimate of drug-likeness (QED) is 0.798. The summed E-state index contributed by atoms with van der Waals surface area (Å²) < 4.78 is 0. The third-order valence-electron chi connectivity index (χ3n) is 3.13. The summed E-state index contributed by atoms with van der Waals surface area (Å²) in [6.45, 7) is 2.37. The molecule has 1 amide bonds. The Bertz CT molecular complexity index is 787. The standard InChI is InChI=1S/C16H14N4O/c1-11-5-6-14-12(8-11)9-15(20-19-14)16(21)18-10-13-4-2-3-7-17-13/h2-9H,10H2,1H3,(H,18,21). The number of nitrogens with zero attached hydrogens (tertiary/aromatic N) is 3. The second kappa shape index (κ2) is 5.66. The minimum atomic E-state index is -0.253. The molecule has 1 N–H and O–H groups in total. The highest BCUT2D eigenvalue weighted by molar-refractivity contribution is 5.95. The van der Waals surface area contributed by atoms with Gasteiger partial charge in [-0.15, -0.1) is 10.2 Å². The minimum Gasteiger partial charge on any atom is -0.345 e. The third-order valence-corrected chi connectivity index (χ3v) is 3.13. The van der Waals surface area contributed by atoms with Crippen LogP contribution in [0.2, 0.25) is 0 Å². The minimum absolute atomic E-state index is 0.253. The van der Waals surface area contributed by atoms with Crippen molar-refractivity contribution in [2.45, 2.75) is 13.5 Å². The smallest absolute Gasteiger partial charge is 0.272 e. The van der Waals surface area contributed by atoms with Crippen molar-refractivity contribution in [3.05, 3.63) is 65.6 Å². The lowest BCUT2D eigenvalue weighted by atomic mass is 10.1. The Morgan fingerprint density at radius 2 is 2.05 bits per heavy atom. The Labute approximate surface area is 122 Å². The zero-order valence-electron chi connectivity index (χ0n) is 11.6. The first kappa shape index (κ1) is 13.2. The SMILES string of the molecule is Cc1ccc2nnc(C(=O)NCc3ccccn3)cc2c1. The summed E-state index contributed by atoms with van der Waals surface area (Å²) in [6, 6.07) is 13.2. The third kappa shape index (κ3) is 3.02. The van der Waals surface area contributed by atoms with Crippen LogP contribution in [0.5, 0.6) is 0 Å². The molecule has 0 aliphatic carbocycles. The van der Waals surface area contributed by atoms with E-state index in [1.54, 1.807) is 12.3 Å². The lowest BCUT2D eigenvalue weighted by molar-refractivity contribution is 0.0944. The molecule has 0 fully saturated rings. The van der Waals surface area contributed by atoms with E-state index in [1.807, 2.05) is 43.3 Å². The Kier molecular flexibility index (Phi) is 3.55. The van der Waals surface area contributed by atoms with Gasteiger partial charge in [0.2, 0.25) is 0 Å². The largest absolute Gasteiger partial charge is 0.345 e.